The zero-order valence-electron chi connectivity index (χ0n) is 19.5. The lowest BCUT2D eigenvalue weighted by Crippen LogP contribution is -2.58. The van der Waals surface area contributed by atoms with Crippen LogP contribution >= 0.6 is 0 Å². The highest BCUT2D eigenvalue weighted by molar-refractivity contribution is 6.74. The lowest BCUT2D eigenvalue weighted by Gasteiger charge is -2.50. The molecule has 168 valence electrons. The van der Waals surface area contributed by atoms with Crippen LogP contribution < -0.4 is 0 Å². The molecule has 0 amide bonds. The summed E-state index contributed by atoms with van der Waals surface area (Å²) in [5, 5.41) is 0.142. The number of benzene rings is 1. The fourth-order valence-corrected chi connectivity index (χ4v) is 5.35. The first-order valence-electron chi connectivity index (χ1n) is 11.4. The van der Waals surface area contributed by atoms with Crippen LogP contribution in [0.15, 0.2) is 43.0 Å². The zero-order valence-corrected chi connectivity index (χ0v) is 20.5. The quantitative estimate of drug-likeness (QED) is 0.378. The number of ether oxygens (including phenoxy) is 3. The maximum atomic E-state index is 6.71. The molecule has 0 saturated carbocycles. The lowest BCUT2D eigenvalue weighted by atomic mass is 9.90. The first kappa shape index (κ1) is 23.7. The van der Waals surface area contributed by atoms with Crippen molar-refractivity contribution >= 4 is 8.32 Å². The second kappa shape index (κ2) is 9.66. The SMILES string of the molecule is C=CC(O[Si](C)(C)C(C)(C)C)[C@H]1CC[C@H](OCc2ccccc2)[C@]2(CCCCO2)O1. The van der Waals surface area contributed by atoms with E-state index in [1.807, 2.05) is 24.3 Å². The van der Waals surface area contributed by atoms with Gasteiger partial charge in [-0.2, -0.15) is 0 Å². The standard InChI is InChI=1S/C25H40O4Si/c1-7-21(29-30(5,6)24(2,3)4)22-15-16-23(25(28-22)17-11-12-18-27-25)26-19-20-13-9-8-10-14-20/h7-10,13-14,21-23H,1,11-12,15-19H2,2-6H3/t21?,22-,23+,25+/m1/s1. The van der Waals surface area contributed by atoms with Crippen LogP contribution in [0.5, 0.6) is 0 Å². The predicted molar refractivity (Wildman–Crippen MR) is 124 cm³/mol. The fourth-order valence-electron chi connectivity index (χ4n) is 4.07. The summed E-state index contributed by atoms with van der Waals surface area (Å²) >= 11 is 0. The molecule has 3 rings (SSSR count). The van der Waals surface area contributed by atoms with Crippen LogP contribution in [0.2, 0.25) is 18.1 Å². The summed E-state index contributed by atoms with van der Waals surface area (Å²) in [5.74, 6) is -0.673. The molecule has 0 aromatic heterocycles. The Bertz CT molecular complexity index is 676. The van der Waals surface area contributed by atoms with Gasteiger partial charge in [-0.1, -0.05) is 57.2 Å². The summed E-state index contributed by atoms with van der Waals surface area (Å²) in [6.07, 6.45) is 6.52. The monoisotopic (exact) mass is 432 g/mol. The number of rotatable bonds is 7. The Morgan fingerprint density at radius 1 is 1.20 bits per heavy atom. The topological polar surface area (TPSA) is 36.9 Å². The lowest BCUT2D eigenvalue weighted by molar-refractivity contribution is -0.348. The molecule has 5 heteroatoms. The van der Waals surface area contributed by atoms with Gasteiger partial charge in [0.2, 0.25) is 0 Å². The van der Waals surface area contributed by atoms with Gasteiger partial charge in [0.1, 0.15) is 6.10 Å². The van der Waals surface area contributed by atoms with Crippen molar-refractivity contribution in [3.05, 3.63) is 48.6 Å². The molecule has 0 N–H and O–H groups in total. The molecule has 30 heavy (non-hydrogen) atoms. The fraction of sp³-hybridized carbons (Fsp3) is 0.680. The minimum absolute atomic E-state index is 0.0497. The summed E-state index contributed by atoms with van der Waals surface area (Å²) in [7, 11) is -1.93. The van der Waals surface area contributed by atoms with E-state index in [0.29, 0.717) is 6.61 Å². The van der Waals surface area contributed by atoms with E-state index in [9.17, 15) is 0 Å². The van der Waals surface area contributed by atoms with Gasteiger partial charge in [-0.3, -0.25) is 0 Å². The molecule has 1 aromatic carbocycles. The maximum Gasteiger partial charge on any atom is 0.195 e. The highest BCUT2D eigenvalue weighted by Crippen LogP contribution is 2.43. The van der Waals surface area contributed by atoms with Crippen molar-refractivity contribution in [1.82, 2.24) is 0 Å². The van der Waals surface area contributed by atoms with Gasteiger partial charge in [0.05, 0.1) is 25.4 Å². The Morgan fingerprint density at radius 3 is 2.53 bits per heavy atom. The van der Waals surface area contributed by atoms with Gasteiger partial charge < -0.3 is 18.6 Å². The molecule has 0 bridgehead atoms. The van der Waals surface area contributed by atoms with E-state index in [1.165, 1.54) is 5.56 Å². The van der Waals surface area contributed by atoms with Crippen molar-refractivity contribution in [1.29, 1.82) is 0 Å². The predicted octanol–water partition coefficient (Wildman–Crippen LogP) is 6.22. The van der Waals surface area contributed by atoms with Crippen molar-refractivity contribution in [3.63, 3.8) is 0 Å². The van der Waals surface area contributed by atoms with Crippen molar-refractivity contribution < 1.29 is 18.6 Å². The minimum Gasteiger partial charge on any atom is -0.408 e. The third-order valence-corrected chi connectivity index (χ3v) is 11.4. The Balaban J connectivity index is 1.72. The van der Waals surface area contributed by atoms with Crippen LogP contribution in [0.3, 0.4) is 0 Å². The van der Waals surface area contributed by atoms with Crippen molar-refractivity contribution in [2.24, 2.45) is 0 Å². The third kappa shape index (κ3) is 5.43. The van der Waals surface area contributed by atoms with E-state index in [1.54, 1.807) is 0 Å². The molecule has 0 radical (unpaired) electrons. The highest BCUT2D eigenvalue weighted by Gasteiger charge is 2.50. The van der Waals surface area contributed by atoms with Gasteiger partial charge in [0.25, 0.3) is 0 Å². The van der Waals surface area contributed by atoms with Crippen molar-refractivity contribution in [3.8, 4) is 0 Å². The van der Waals surface area contributed by atoms with Crippen LogP contribution in [0.1, 0.15) is 58.4 Å². The maximum absolute atomic E-state index is 6.71. The molecular weight excluding hydrogens is 392 g/mol. The normalized spacial score (nSPS) is 29.0. The molecule has 4 atom stereocenters. The largest absolute Gasteiger partial charge is 0.408 e. The van der Waals surface area contributed by atoms with Gasteiger partial charge in [-0.15, -0.1) is 6.58 Å². The van der Waals surface area contributed by atoms with Crippen molar-refractivity contribution in [2.45, 2.75) is 102 Å². The molecule has 4 nitrogen and oxygen atoms in total. The number of hydrogen-bond donors (Lipinski definition) is 0. The highest BCUT2D eigenvalue weighted by atomic mass is 28.4. The summed E-state index contributed by atoms with van der Waals surface area (Å²) < 4.78 is 26.1. The third-order valence-electron chi connectivity index (χ3n) is 6.95. The average molecular weight is 433 g/mol. The van der Waals surface area contributed by atoms with Crippen LogP contribution in [-0.4, -0.2) is 39.0 Å². The van der Waals surface area contributed by atoms with Crippen LogP contribution in [-0.2, 0) is 25.2 Å². The molecular formula is C25H40O4Si. The van der Waals surface area contributed by atoms with E-state index in [2.05, 4.69) is 52.6 Å². The molecule has 2 fully saturated rings. The van der Waals surface area contributed by atoms with E-state index in [-0.39, 0.29) is 23.4 Å². The molecule has 2 heterocycles. The molecule has 2 aliphatic heterocycles. The Labute approximate surface area is 184 Å². The van der Waals surface area contributed by atoms with Gasteiger partial charge >= 0.3 is 0 Å². The second-order valence-corrected chi connectivity index (χ2v) is 15.0. The van der Waals surface area contributed by atoms with E-state index >= 15 is 0 Å². The Kier molecular flexibility index (Phi) is 7.62. The number of hydrogen-bond acceptors (Lipinski definition) is 4. The van der Waals surface area contributed by atoms with Crippen molar-refractivity contribution in [2.75, 3.05) is 6.61 Å². The molecule has 2 saturated heterocycles. The summed E-state index contributed by atoms with van der Waals surface area (Å²) in [4.78, 5) is 0. The van der Waals surface area contributed by atoms with E-state index < -0.39 is 14.1 Å². The minimum atomic E-state index is -1.93. The molecule has 1 aromatic rings. The Morgan fingerprint density at radius 2 is 1.93 bits per heavy atom. The van der Waals surface area contributed by atoms with Crippen LogP contribution in [0, 0.1) is 0 Å². The first-order chi connectivity index (χ1) is 14.2. The zero-order chi connectivity index (χ0) is 21.8. The first-order valence-corrected chi connectivity index (χ1v) is 14.4. The van der Waals surface area contributed by atoms with Gasteiger partial charge in [-0.25, -0.2) is 0 Å². The molecule has 1 spiro atoms. The average Bonchev–Trinajstić information content (AvgIpc) is 2.71. The molecule has 1 unspecified atom stereocenters. The van der Waals surface area contributed by atoms with Crippen LogP contribution in [0.25, 0.3) is 0 Å². The summed E-state index contributed by atoms with van der Waals surface area (Å²) in [6.45, 7) is 16.7. The Hall–Kier alpha value is -0.983. The van der Waals surface area contributed by atoms with Crippen LogP contribution in [0.4, 0.5) is 0 Å². The van der Waals surface area contributed by atoms with E-state index in [4.69, 9.17) is 18.6 Å². The second-order valence-electron chi connectivity index (χ2n) is 10.2. The molecule has 2 aliphatic rings. The van der Waals surface area contributed by atoms with Gasteiger partial charge in [0, 0.05) is 6.42 Å². The summed E-state index contributed by atoms with van der Waals surface area (Å²) in [6, 6.07) is 10.3. The molecule has 0 aliphatic carbocycles. The van der Waals surface area contributed by atoms with Gasteiger partial charge in [0.15, 0.2) is 14.1 Å². The van der Waals surface area contributed by atoms with Gasteiger partial charge in [-0.05, 0) is 49.4 Å². The van der Waals surface area contributed by atoms with E-state index in [0.717, 1.165) is 38.7 Å². The summed E-state index contributed by atoms with van der Waals surface area (Å²) in [5.41, 5.74) is 1.18. The smallest absolute Gasteiger partial charge is 0.195 e.